The highest BCUT2D eigenvalue weighted by Gasteiger charge is 2.28. The van der Waals surface area contributed by atoms with Crippen LogP contribution in [0.3, 0.4) is 0 Å². The number of fused-ring (bicyclic) bond motifs is 1. The van der Waals surface area contributed by atoms with Crippen molar-refractivity contribution in [1.82, 2.24) is 20.4 Å². The number of carbonyl (C=O) groups is 1. The Kier molecular flexibility index (Phi) is 6.77. The molecular weight excluding hydrogens is 386 g/mol. The quantitative estimate of drug-likeness (QED) is 0.634. The number of carbonyl (C=O) groups excluding carboxylic acids is 1. The van der Waals surface area contributed by atoms with Gasteiger partial charge in [0.2, 0.25) is 5.91 Å². The number of aromatic nitrogens is 2. The molecule has 0 aliphatic carbocycles. The second kappa shape index (κ2) is 9.88. The van der Waals surface area contributed by atoms with Crippen LogP contribution in [0.4, 0.5) is 5.82 Å². The fourth-order valence-electron chi connectivity index (χ4n) is 4.32. The third-order valence-electron chi connectivity index (χ3n) is 6.19. The Balaban J connectivity index is 1.38. The summed E-state index contributed by atoms with van der Waals surface area (Å²) in [6.07, 6.45) is 3.77. The zero-order chi connectivity index (χ0) is 21.6. The summed E-state index contributed by atoms with van der Waals surface area (Å²) in [5, 5.41) is 14.1. The van der Waals surface area contributed by atoms with Gasteiger partial charge < -0.3 is 10.2 Å². The molecule has 2 atom stereocenters. The Hall–Kier alpha value is -2.99. The number of anilines is 1. The summed E-state index contributed by atoms with van der Waals surface area (Å²) >= 11 is 0. The third-order valence-corrected chi connectivity index (χ3v) is 6.19. The summed E-state index contributed by atoms with van der Waals surface area (Å²) < 4.78 is 0. The Morgan fingerprint density at radius 2 is 1.74 bits per heavy atom. The molecule has 31 heavy (non-hydrogen) atoms. The largest absolute Gasteiger partial charge is 0.352 e. The van der Waals surface area contributed by atoms with E-state index in [-0.39, 0.29) is 18.0 Å². The van der Waals surface area contributed by atoms with Crippen molar-refractivity contribution in [1.29, 1.82) is 0 Å². The van der Waals surface area contributed by atoms with E-state index in [1.165, 1.54) is 5.56 Å². The van der Waals surface area contributed by atoms with Gasteiger partial charge >= 0.3 is 0 Å². The molecule has 0 bridgehead atoms. The molecule has 1 N–H and O–H groups in total. The molecule has 2 aromatic carbocycles. The first-order valence-corrected chi connectivity index (χ1v) is 11.2. The Morgan fingerprint density at radius 3 is 2.48 bits per heavy atom. The van der Waals surface area contributed by atoms with E-state index in [1.807, 2.05) is 37.3 Å². The van der Waals surface area contributed by atoms with Crippen molar-refractivity contribution in [2.75, 3.05) is 31.1 Å². The lowest BCUT2D eigenvalue weighted by Crippen LogP contribution is -2.54. The SMILES string of the molecule is CCC[C@@H](NC(=O)[C@@H](C)N1CCN(c2nncc3ccccc23)CC1)c1ccccc1. The lowest BCUT2D eigenvalue weighted by atomic mass is 10.0. The zero-order valence-electron chi connectivity index (χ0n) is 18.4. The van der Waals surface area contributed by atoms with Gasteiger partial charge in [0.1, 0.15) is 0 Å². The minimum Gasteiger partial charge on any atom is -0.352 e. The van der Waals surface area contributed by atoms with E-state index >= 15 is 0 Å². The molecule has 6 heteroatoms. The molecule has 4 rings (SSSR count). The van der Waals surface area contributed by atoms with Crippen LogP contribution in [0.1, 0.15) is 38.3 Å². The number of hydrogen-bond donors (Lipinski definition) is 1. The van der Waals surface area contributed by atoms with Gasteiger partial charge in [-0.1, -0.05) is 67.9 Å². The van der Waals surface area contributed by atoms with E-state index in [0.29, 0.717) is 0 Å². The lowest BCUT2D eigenvalue weighted by molar-refractivity contribution is -0.126. The number of nitrogens with one attached hydrogen (secondary N) is 1. The summed E-state index contributed by atoms with van der Waals surface area (Å²) in [5.41, 5.74) is 1.17. The molecule has 1 amide bonds. The van der Waals surface area contributed by atoms with E-state index in [4.69, 9.17) is 0 Å². The molecule has 0 saturated carbocycles. The van der Waals surface area contributed by atoms with Gasteiger partial charge in [-0.25, -0.2) is 0 Å². The van der Waals surface area contributed by atoms with Gasteiger partial charge in [0.15, 0.2) is 5.82 Å². The van der Waals surface area contributed by atoms with Gasteiger partial charge in [0, 0.05) is 37.0 Å². The summed E-state index contributed by atoms with van der Waals surface area (Å²) in [4.78, 5) is 17.6. The highest BCUT2D eigenvalue weighted by molar-refractivity contribution is 5.91. The van der Waals surface area contributed by atoms with Crippen LogP contribution in [0.25, 0.3) is 10.8 Å². The van der Waals surface area contributed by atoms with E-state index in [1.54, 1.807) is 6.20 Å². The molecule has 0 unspecified atom stereocenters. The average Bonchev–Trinajstić information content (AvgIpc) is 2.83. The first-order valence-electron chi connectivity index (χ1n) is 11.2. The number of rotatable bonds is 7. The molecule has 1 saturated heterocycles. The maximum absolute atomic E-state index is 13.0. The minimum absolute atomic E-state index is 0.0633. The molecule has 0 spiro atoms. The number of nitrogens with zero attached hydrogens (tertiary/aromatic N) is 4. The minimum atomic E-state index is -0.163. The van der Waals surface area contributed by atoms with Crippen LogP contribution in [-0.4, -0.2) is 53.2 Å². The summed E-state index contributed by atoms with van der Waals surface area (Å²) in [7, 11) is 0. The smallest absolute Gasteiger partial charge is 0.237 e. The van der Waals surface area contributed by atoms with Gasteiger partial charge in [0.05, 0.1) is 18.3 Å². The van der Waals surface area contributed by atoms with Crippen molar-refractivity contribution in [2.24, 2.45) is 0 Å². The van der Waals surface area contributed by atoms with Crippen molar-refractivity contribution < 1.29 is 4.79 Å². The van der Waals surface area contributed by atoms with E-state index < -0.39 is 0 Å². The maximum atomic E-state index is 13.0. The fourth-order valence-corrected chi connectivity index (χ4v) is 4.32. The maximum Gasteiger partial charge on any atom is 0.237 e. The Morgan fingerprint density at radius 1 is 1.03 bits per heavy atom. The number of hydrogen-bond acceptors (Lipinski definition) is 5. The van der Waals surface area contributed by atoms with Gasteiger partial charge in [-0.2, -0.15) is 5.10 Å². The fraction of sp³-hybridized carbons (Fsp3) is 0.400. The van der Waals surface area contributed by atoms with Crippen LogP contribution in [0.2, 0.25) is 0 Å². The molecule has 1 aliphatic heterocycles. The molecule has 1 fully saturated rings. The highest BCUT2D eigenvalue weighted by Crippen LogP contribution is 2.24. The highest BCUT2D eigenvalue weighted by atomic mass is 16.2. The molecule has 1 aliphatic rings. The van der Waals surface area contributed by atoms with Crippen LogP contribution in [-0.2, 0) is 4.79 Å². The number of amides is 1. The molecule has 1 aromatic heterocycles. The van der Waals surface area contributed by atoms with Crippen molar-refractivity contribution in [3.63, 3.8) is 0 Å². The van der Waals surface area contributed by atoms with E-state index in [0.717, 1.165) is 55.6 Å². The van der Waals surface area contributed by atoms with E-state index in [2.05, 4.69) is 56.5 Å². The van der Waals surface area contributed by atoms with Crippen LogP contribution in [0, 0.1) is 0 Å². The van der Waals surface area contributed by atoms with Crippen molar-refractivity contribution >= 4 is 22.5 Å². The van der Waals surface area contributed by atoms with Crippen LogP contribution in [0.5, 0.6) is 0 Å². The summed E-state index contributed by atoms with van der Waals surface area (Å²) in [6.45, 7) is 7.47. The number of piperazine rings is 1. The molecule has 0 radical (unpaired) electrons. The Labute approximate surface area is 184 Å². The predicted molar refractivity (Wildman–Crippen MR) is 125 cm³/mol. The molecular formula is C25H31N5O. The second-order valence-corrected chi connectivity index (χ2v) is 8.21. The monoisotopic (exact) mass is 417 g/mol. The van der Waals surface area contributed by atoms with Crippen molar-refractivity contribution in [3.8, 4) is 0 Å². The van der Waals surface area contributed by atoms with Crippen LogP contribution in [0.15, 0.2) is 60.8 Å². The first-order chi connectivity index (χ1) is 15.2. The average molecular weight is 418 g/mol. The van der Waals surface area contributed by atoms with Crippen LogP contribution >= 0.6 is 0 Å². The molecule has 3 aromatic rings. The second-order valence-electron chi connectivity index (χ2n) is 8.21. The van der Waals surface area contributed by atoms with E-state index in [9.17, 15) is 4.79 Å². The Bertz CT molecular complexity index is 996. The van der Waals surface area contributed by atoms with Gasteiger partial charge in [-0.05, 0) is 18.9 Å². The normalized spacial score (nSPS) is 16.8. The first kappa shape index (κ1) is 21.2. The third kappa shape index (κ3) is 4.85. The van der Waals surface area contributed by atoms with Gasteiger partial charge in [-0.15, -0.1) is 5.10 Å². The van der Waals surface area contributed by atoms with Gasteiger partial charge in [-0.3, -0.25) is 9.69 Å². The molecule has 6 nitrogen and oxygen atoms in total. The van der Waals surface area contributed by atoms with Crippen molar-refractivity contribution in [3.05, 3.63) is 66.4 Å². The molecule has 2 heterocycles. The standard InChI is InChI=1S/C25H31N5O/c1-3-9-23(20-10-5-4-6-11-20)27-25(31)19(2)29-14-16-30(17-15-29)24-22-13-8-7-12-21(22)18-26-28-24/h4-8,10-13,18-19,23H,3,9,14-17H2,1-2H3,(H,27,31)/t19-,23-/m1/s1. The predicted octanol–water partition coefficient (Wildman–Crippen LogP) is 3.80. The van der Waals surface area contributed by atoms with Gasteiger partial charge in [0.25, 0.3) is 0 Å². The van der Waals surface area contributed by atoms with Crippen LogP contribution < -0.4 is 10.2 Å². The summed E-state index contributed by atoms with van der Waals surface area (Å²) in [6, 6.07) is 18.4. The zero-order valence-corrected chi connectivity index (χ0v) is 18.4. The lowest BCUT2D eigenvalue weighted by Gasteiger charge is -2.38. The molecule has 162 valence electrons. The topological polar surface area (TPSA) is 61.4 Å². The van der Waals surface area contributed by atoms with Crippen molar-refractivity contribution in [2.45, 2.75) is 38.8 Å². The number of benzene rings is 2. The summed E-state index contributed by atoms with van der Waals surface area (Å²) in [5.74, 6) is 1.03.